The Labute approximate surface area is 276 Å². The third-order valence-corrected chi connectivity index (χ3v) is 8.61. The fourth-order valence-corrected chi connectivity index (χ4v) is 6.30. The molecule has 0 aromatic heterocycles. The van der Waals surface area contributed by atoms with Gasteiger partial charge in [-0.2, -0.15) is 0 Å². The number of aliphatic imine (C=N–C) groups is 1. The van der Waals surface area contributed by atoms with E-state index in [2.05, 4.69) is 15.9 Å². The maximum atomic E-state index is 13.7. The summed E-state index contributed by atoms with van der Waals surface area (Å²) in [7, 11) is 0. The lowest BCUT2D eigenvalue weighted by Gasteiger charge is -2.16. The largest absolute Gasteiger partial charge is 0.490 e. The Morgan fingerprint density at radius 3 is 2.21 bits per heavy atom. The quantitative estimate of drug-likeness (QED) is 0.170. The van der Waals surface area contributed by atoms with Gasteiger partial charge in [0, 0.05) is 25.7 Å². The summed E-state index contributed by atoms with van der Waals surface area (Å²) in [6.45, 7) is 2.52. The van der Waals surface area contributed by atoms with Crippen LogP contribution in [0.4, 0.5) is 11.4 Å². The molecule has 0 atom stereocenters. The van der Waals surface area contributed by atoms with Crippen molar-refractivity contribution in [1.82, 2.24) is 0 Å². The highest BCUT2D eigenvalue weighted by molar-refractivity contribution is 9.10. The van der Waals surface area contributed by atoms with Crippen molar-refractivity contribution in [2.75, 3.05) is 11.5 Å². The van der Waals surface area contributed by atoms with E-state index in [0.717, 1.165) is 11.1 Å². The van der Waals surface area contributed by atoms with E-state index in [0.29, 0.717) is 64.1 Å². The van der Waals surface area contributed by atoms with E-state index in [-0.39, 0.29) is 12.5 Å². The van der Waals surface area contributed by atoms with Gasteiger partial charge in [0.1, 0.15) is 6.61 Å². The van der Waals surface area contributed by atoms with Crippen molar-refractivity contribution in [3.63, 3.8) is 0 Å². The topological polar surface area (TPSA) is 51.1 Å². The summed E-state index contributed by atoms with van der Waals surface area (Å²) < 4.78 is 12.7. The van der Waals surface area contributed by atoms with Gasteiger partial charge in [0.05, 0.1) is 27.4 Å². The monoisotopic (exact) mass is 720 g/mol. The molecule has 0 bridgehead atoms. The smallest absolute Gasteiger partial charge is 0.271 e. The highest BCUT2D eigenvalue weighted by Gasteiger charge is 2.35. The molecule has 5 rings (SSSR count). The second-order valence-corrected chi connectivity index (χ2v) is 12.5. The van der Waals surface area contributed by atoms with Gasteiger partial charge in [0.15, 0.2) is 16.7 Å². The molecule has 1 saturated heterocycles. The molecule has 0 unspecified atom stereocenters. The maximum absolute atomic E-state index is 13.7. The van der Waals surface area contributed by atoms with E-state index in [1.807, 2.05) is 25.1 Å². The molecule has 1 heterocycles. The lowest BCUT2D eigenvalue weighted by molar-refractivity contribution is -0.113. The van der Waals surface area contributed by atoms with Crippen LogP contribution in [0.25, 0.3) is 6.08 Å². The molecule has 4 aromatic carbocycles. The molecule has 5 nitrogen and oxygen atoms in total. The molecule has 0 saturated carbocycles. The Hall–Kier alpha value is -2.65. The third-order valence-electron chi connectivity index (χ3n) is 5.96. The van der Waals surface area contributed by atoms with Gasteiger partial charge >= 0.3 is 0 Å². The number of thioether (sulfide) groups is 1. The van der Waals surface area contributed by atoms with Crippen LogP contribution in [0.3, 0.4) is 0 Å². The molecule has 42 heavy (non-hydrogen) atoms. The molecule has 214 valence electrons. The molecule has 1 aliphatic rings. The molecular weight excluding hydrogens is 702 g/mol. The van der Waals surface area contributed by atoms with Gasteiger partial charge in [0.25, 0.3) is 5.91 Å². The Morgan fingerprint density at radius 2 is 1.55 bits per heavy atom. The van der Waals surface area contributed by atoms with Crippen molar-refractivity contribution in [2.24, 2.45) is 4.99 Å². The first kappa shape index (κ1) is 30.8. The van der Waals surface area contributed by atoms with E-state index in [4.69, 9.17) is 60.9 Å². The summed E-state index contributed by atoms with van der Waals surface area (Å²) >= 11 is 29.4. The van der Waals surface area contributed by atoms with Crippen LogP contribution in [-0.4, -0.2) is 17.7 Å². The SMILES string of the molecule is CCOc1cc(/C=C2\SC(=Nc3ccc(Cl)cc3)N(c3ccc(Cl)cc3)C2=O)cc(Br)c1OCc1ccc(Cl)cc1Cl. The van der Waals surface area contributed by atoms with Gasteiger partial charge in [-0.25, -0.2) is 4.99 Å². The van der Waals surface area contributed by atoms with Gasteiger partial charge in [-0.05, 0) is 119 Å². The van der Waals surface area contributed by atoms with E-state index < -0.39 is 0 Å². The van der Waals surface area contributed by atoms with Crippen LogP contribution >= 0.6 is 74.1 Å². The van der Waals surface area contributed by atoms with Crippen molar-refractivity contribution >= 4 is 103 Å². The van der Waals surface area contributed by atoms with Gasteiger partial charge in [0.2, 0.25) is 0 Å². The number of benzene rings is 4. The minimum absolute atomic E-state index is 0.212. The lowest BCUT2D eigenvalue weighted by atomic mass is 10.1. The number of amidine groups is 1. The molecule has 1 aliphatic heterocycles. The Balaban J connectivity index is 1.48. The van der Waals surface area contributed by atoms with Crippen LogP contribution in [0.1, 0.15) is 18.1 Å². The van der Waals surface area contributed by atoms with Crippen LogP contribution in [0, 0.1) is 0 Å². The highest BCUT2D eigenvalue weighted by atomic mass is 79.9. The predicted molar refractivity (Wildman–Crippen MR) is 179 cm³/mol. The number of rotatable bonds is 8. The number of hydrogen-bond donors (Lipinski definition) is 0. The molecule has 1 amide bonds. The number of anilines is 1. The maximum Gasteiger partial charge on any atom is 0.271 e. The molecule has 0 N–H and O–H groups in total. The molecule has 1 fully saturated rings. The first-order valence-electron chi connectivity index (χ1n) is 12.6. The van der Waals surface area contributed by atoms with Crippen LogP contribution in [0.15, 0.2) is 93.2 Å². The van der Waals surface area contributed by atoms with Gasteiger partial charge < -0.3 is 9.47 Å². The second-order valence-electron chi connectivity index (χ2n) is 8.89. The summed E-state index contributed by atoms with van der Waals surface area (Å²) in [5.74, 6) is 0.814. The van der Waals surface area contributed by atoms with Crippen molar-refractivity contribution in [2.45, 2.75) is 13.5 Å². The van der Waals surface area contributed by atoms with Crippen molar-refractivity contribution in [1.29, 1.82) is 0 Å². The molecule has 0 radical (unpaired) electrons. The average molecular weight is 723 g/mol. The van der Waals surface area contributed by atoms with E-state index in [1.165, 1.54) is 11.8 Å². The number of carbonyl (C=O) groups is 1. The summed E-state index contributed by atoms with van der Waals surface area (Å²) in [4.78, 5) is 20.5. The number of ether oxygens (including phenoxy) is 2. The molecular formula is C31H21BrCl4N2O3S. The van der Waals surface area contributed by atoms with Crippen LogP contribution < -0.4 is 14.4 Å². The zero-order valence-corrected chi connectivity index (χ0v) is 27.3. The van der Waals surface area contributed by atoms with Crippen molar-refractivity contribution < 1.29 is 14.3 Å². The second kappa shape index (κ2) is 13.8. The summed E-state index contributed by atoms with van der Waals surface area (Å²) in [6.07, 6.45) is 1.80. The van der Waals surface area contributed by atoms with Crippen molar-refractivity contribution in [3.8, 4) is 11.5 Å². The first-order valence-corrected chi connectivity index (χ1v) is 15.7. The van der Waals surface area contributed by atoms with Gasteiger partial charge in [-0.15, -0.1) is 0 Å². The molecule has 0 spiro atoms. The van der Waals surface area contributed by atoms with E-state index in [1.54, 1.807) is 71.6 Å². The van der Waals surface area contributed by atoms with Gasteiger partial charge in [-0.1, -0.05) is 52.5 Å². The predicted octanol–water partition coefficient (Wildman–Crippen LogP) is 10.8. The zero-order chi connectivity index (χ0) is 29.8. The van der Waals surface area contributed by atoms with Crippen LogP contribution in [0.2, 0.25) is 20.1 Å². The summed E-state index contributed by atoms with van der Waals surface area (Å²) in [5, 5.41) is 2.73. The standard InChI is InChI=1S/C31H21BrCl4N2O3S/c1-2-40-27-14-18(13-25(32)29(27)41-17-19-3-4-22(35)16-26(19)36)15-28-30(39)38(24-11-7-21(34)8-12-24)31(42-28)37-23-9-5-20(33)6-10-23/h3-16H,2,17H2,1H3/b28-15-,37-31?. The number of halogens is 5. The van der Waals surface area contributed by atoms with E-state index >= 15 is 0 Å². The fraction of sp³-hybridized carbons (Fsp3) is 0.0968. The fourth-order valence-electron chi connectivity index (χ4n) is 4.01. The zero-order valence-electron chi connectivity index (χ0n) is 21.9. The number of hydrogen-bond acceptors (Lipinski definition) is 5. The Kier molecular flexibility index (Phi) is 10.1. The highest BCUT2D eigenvalue weighted by Crippen LogP contribution is 2.41. The Bertz CT molecular complexity index is 1700. The normalized spacial score (nSPS) is 15.1. The molecule has 4 aromatic rings. The third kappa shape index (κ3) is 7.28. The Morgan fingerprint density at radius 1 is 0.881 bits per heavy atom. The van der Waals surface area contributed by atoms with E-state index in [9.17, 15) is 4.79 Å². The van der Waals surface area contributed by atoms with Crippen LogP contribution in [-0.2, 0) is 11.4 Å². The summed E-state index contributed by atoms with van der Waals surface area (Å²) in [6, 6.07) is 23.1. The number of nitrogens with zero attached hydrogens (tertiary/aromatic N) is 2. The molecule has 0 aliphatic carbocycles. The molecule has 11 heteroatoms. The number of amides is 1. The average Bonchev–Trinajstić information content (AvgIpc) is 3.25. The first-order chi connectivity index (χ1) is 20.2. The minimum Gasteiger partial charge on any atom is -0.490 e. The van der Waals surface area contributed by atoms with Crippen LogP contribution in [0.5, 0.6) is 11.5 Å². The van der Waals surface area contributed by atoms with Gasteiger partial charge in [-0.3, -0.25) is 9.69 Å². The minimum atomic E-state index is -0.221. The van der Waals surface area contributed by atoms with Crippen molar-refractivity contribution in [3.05, 3.63) is 119 Å². The number of carbonyl (C=O) groups excluding carboxylic acids is 1. The summed E-state index contributed by atoms with van der Waals surface area (Å²) in [5.41, 5.74) is 2.83. The lowest BCUT2D eigenvalue weighted by Crippen LogP contribution is -2.28.